The maximum atomic E-state index is 6.14. The van der Waals surface area contributed by atoms with Crippen LogP contribution in [0.1, 0.15) is 53.9 Å². The minimum atomic E-state index is 0.253. The average Bonchev–Trinajstić information content (AvgIpc) is 2.18. The third-order valence-electron chi connectivity index (χ3n) is 4.48. The van der Waals surface area contributed by atoms with E-state index in [1.54, 1.807) is 0 Å². The molecular formula is C13H27NO. The summed E-state index contributed by atoms with van der Waals surface area (Å²) in [6.07, 6.45) is 4.05. The van der Waals surface area contributed by atoms with Crippen LogP contribution in [0, 0.1) is 11.3 Å². The van der Waals surface area contributed by atoms with Gasteiger partial charge in [0, 0.05) is 11.5 Å². The van der Waals surface area contributed by atoms with Crippen molar-refractivity contribution in [2.24, 2.45) is 17.1 Å². The smallest absolute Gasteiger partial charge is 0.0664 e. The van der Waals surface area contributed by atoms with Crippen LogP contribution in [0.25, 0.3) is 0 Å². The molecule has 15 heavy (non-hydrogen) atoms. The Labute approximate surface area is 94.6 Å². The molecule has 0 saturated heterocycles. The highest BCUT2D eigenvalue weighted by Gasteiger charge is 2.52. The molecule has 2 heteroatoms. The predicted octanol–water partition coefficient (Wildman–Crippen LogP) is 2.95. The van der Waals surface area contributed by atoms with E-state index in [1.165, 1.54) is 0 Å². The first-order valence-corrected chi connectivity index (χ1v) is 6.39. The van der Waals surface area contributed by atoms with Crippen LogP contribution in [0.15, 0.2) is 0 Å². The fourth-order valence-corrected chi connectivity index (χ4v) is 2.62. The highest BCUT2D eigenvalue weighted by atomic mass is 16.5. The maximum Gasteiger partial charge on any atom is 0.0664 e. The van der Waals surface area contributed by atoms with Gasteiger partial charge in [-0.15, -0.1) is 0 Å². The van der Waals surface area contributed by atoms with Gasteiger partial charge < -0.3 is 10.5 Å². The molecule has 0 aromatic heterocycles. The summed E-state index contributed by atoms with van der Waals surface area (Å²) in [5.74, 6) is 0.591. The molecule has 1 aliphatic carbocycles. The number of hydrogen-bond acceptors (Lipinski definition) is 2. The van der Waals surface area contributed by atoms with Gasteiger partial charge in [0.2, 0.25) is 0 Å². The molecule has 0 aromatic rings. The van der Waals surface area contributed by atoms with E-state index in [4.69, 9.17) is 10.5 Å². The molecule has 3 unspecified atom stereocenters. The van der Waals surface area contributed by atoms with Gasteiger partial charge in [0.1, 0.15) is 0 Å². The van der Waals surface area contributed by atoms with E-state index in [1.807, 2.05) is 0 Å². The van der Waals surface area contributed by atoms with Crippen molar-refractivity contribution in [2.75, 3.05) is 0 Å². The van der Waals surface area contributed by atoms with Crippen LogP contribution in [-0.4, -0.2) is 18.2 Å². The minimum Gasteiger partial charge on any atom is -0.374 e. The zero-order valence-corrected chi connectivity index (χ0v) is 10.9. The second kappa shape index (κ2) is 4.84. The van der Waals surface area contributed by atoms with Gasteiger partial charge in [-0.2, -0.15) is 0 Å². The van der Waals surface area contributed by atoms with Crippen molar-refractivity contribution in [3.63, 3.8) is 0 Å². The molecule has 0 aliphatic heterocycles. The number of nitrogens with two attached hydrogens (primary N) is 1. The topological polar surface area (TPSA) is 35.2 Å². The molecule has 1 saturated carbocycles. The van der Waals surface area contributed by atoms with Crippen molar-refractivity contribution in [2.45, 2.75) is 72.1 Å². The molecule has 3 atom stereocenters. The molecular weight excluding hydrogens is 186 g/mol. The van der Waals surface area contributed by atoms with Crippen molar-refractivity contribution >= 4 is 0 Å². The van der Waals surface area contributed by atoms with Crippen LogP contribution in [0.2, 0.25) is 0 Å². The van der Waals surface area contributed by atoms with Crippen molar-refractivity contribution in [1.29, 1.82) is 0 Å². The summed E-state index contributed by atoms with van der Waals surface area (Å²) >= 11 is 0. The average molecular weight is 213 g/mol. The molecule has 0 bridgehead atoms. The fourth-order valence-electron chi connectivity index (χ4n) is 2.62. The number of hydrogen-bond donors (Lipinski definition) is 1. The van der Waals surface area contributed by atoms with Gasteiger partial charge in [-0.05, 0) is 32.1 Å². The summed E-state index contributed by atoms with van der Waals surface area (Å²) < 4.78 is 6.14. The van der Waals surface area contributed by atoms with Gasteiger partial charge in [0.05, 0.1) is 12.2 Å². The van der Waals surface area contributed by atoms with Gasteiger partial charge in [0.25, 0.3) is 0 Å². The van der Waals surface area contributed by atoms with Crippen molar-refractivity contribution < 1.29 is 4.74 Å². The molecule has 1 rings (SSSR count). The number of ether oxygens (including phenoxy) is 1. The molecule has 0 amide bonds. The van der Waals surface area contributed by atoms with Gasteiger partial charge in [0.15, 0.2) is 0 Å². The first kappa shape index (κ1) is 13.0. The minimum absolute atomic E-state index is 0.253. The Bertz CT molecular complexity index is 199. The predicted molar refractivity (Wildman–Crippen MR) is 64.8 cm³/mol. The lowest BCUT2D eigenvalue weighted by Crippen LogP contribution is -2.62. The molecule has 0 radical (unpaired) electrons. The monoisotopic (exact) mass is 213 g/mol. The Morgan fingerprint density at radius 3 is 2.13 bits per heavy atom. The third-order valence-corrected chi connectivity index (χ3v) is 4.48. The number of rotatable bonds is 5. The van der Waals surface area contributed by atoms with Gasteiger partial charge in [-0.3, -0.25) is 0 Å². The summed E-state index contributed by atoms with van der Waals surface area (Å²) in [6.45, 7) is 11.1. The molecule has 2 N–H and O–H groups in total. The second-order valence-electron chi connectivity index (χ2n) is 5.36. The van der Waals surface area contributed by atoms with Crippen LogP contribution in [0.4, 0.5) is 0 Å². The van der Waals surface area contributed by atoms with Crippen molar-refractivity contribution in [3.05, 3.63) is 0 Å². The van der Waals surface area contributed by atoms with Crippen LogP contribution in [0.3, 0.4) is 0 Å². The Balaban J connectivity index is 2.57. The van der Waals surface area contributed by atoms with E-state index < -0.39 is 0 Å². The van der Waals surface area contributed by atoms with E-state index in [2.05, 4.69) is 34.6 Å². The third kappa shape index (κ3) is 2.21. The first-order valence-electron chi connectivity index (χ1n) is 6.39. The van der Waals surface area contributed by atoms with Crippen LogP contribution in [0.5, 0.6) is 0 Å². The van der Waals surface area contributed by atoms with Crippen molar-refractivity contribution in [1.82, 2.24) is 0 Å². The fraction of sp³-hybridized carbons (Fsp3) is 1.00. The highest BCUT2D eigenvalue weighted by Crippen LogP contribution is 2.48. The molecule has 1 aliphatic rings. The summed E-state index contributed by atoms with van der Waals surface area (Å²) in [5, 5.41) is 0. The van der Waals surface area contributed by atoms with Crippen LogP contribution in [-0.2, 0) is 4.74 Å². The summed E-state index contributed by atoms with van der Waals surface area (Å²) in [6, 6.07) is 0.344. The lowest BCUT2D eigenvalue weighted by molar-refractivity contribution is -0.163. The Kier molecular flexibility index (Phi) is 4.19. The van der Waals surface area contributed by atoms with E-state index in [-0.39, 0.29) is 5.41 Å². The van der Waals surface area contributed by atoms with Crippen molar-refractivity contribution in [3.8, 4) is 0 Å². The standard InChI is InChI=1S/C13H27NO/c1-6-13(7-2)11(14)8-12(13)15-10(5)9(3)4/h9-12H,6-8,14H2,1-5H3. The molecule has 1 fully saturated rings. The largest absolute Gasteiger partial charge is 0.374 e. The molecule has 0 heterocycles. The Morgan fingerprint density at radius 1 is 1.27 bits per heavy atom. The lowest BCUT2D eigenvalue weighted by atomic mass is 9.59. The zero-order valence-electron chi connectivity index (χ0n) is 10.9. The Morgan fingerprint density at radius 2 is 1.80 bits per heavy atom. The molecule has 90 valence electrons. The molecule has 0 aromatic carbocycles. The normalized spacial score (nSPS) is 31.4. The molecule has 0 spiro atoms. The van der Waals surface area contributed by atoms with E-state index >= 15 is 0 Å². The van der Waals surface area contributed by atoms with E-state index in [0.717, 1.165) is 19.3 Å². The van der Waals surface area contributed by atoms with Gasteiger partial charge in [-0.25, -0.2) is 0 Å². The summed E-state index contributed by atoms with van der Waals surface area (Å²) in [4.78, 5) is 0. The van der Waals surface area contributed by atoms with E-state index in [9.17, 15) is 0 Å². The summed E-state index contributed by atoms with van der Waals surface area (Å²) in [5.41, 5.74) is 6.39. The van der Waals surface area contributed by atoms with E-state index in [0.29, 0.717) is 24.2 Å². The van der Waals surface area contributed by atoms with Gasteiger partial charge in [-0.1, -0.05) is 27.7 Å². The van der Waals surface area contributed by atoms with Crippen LogP contribution < -0.4 is 5.73 Å². The van der Waals surface area contributed by atoms with Crippen LogP contribution >= 0.6 is 0 Å². The zero-order chi connectivity index (χ0) is 11.6. The quantitative estimate of drug-likeness (QED) is 0.762. The summed E-state index contributed by atoms with van der Waals surface area (Å²) in [7, 11) is 0. The highest BCUT2D eigenvalue weighted by molar-refractivity contribution is 5.05. The lowest BCUT2D eigenvalue weighted by Gasteiger charge is -2.54. The first-order chi connectivity index (χ1) is 6.97. The maximum absolute atomic E-state index is 6.14. The SMILES string of the molecule is CCC1(CC)C(N)CC1OC(C)C(C)C. The Hall–Kier alpha value is -0.0800. The van der Waals surface area contributed by atoms with Gasteiger partial charge >= 0.3 is 0 Å². The second-order valence-corrected chi connectivity index (χ2v) is 5.36. The molecule has 2 nitrogen and oxygen atoms in total.